The maximum atomic E-state index is 3.58. The quantitative estimate of drug-likeness (QED) is 0.857. The molecule has 0 aromatic rings. The molecule has 0 aromatic heterocycles. The highest BCUT2D eigenvalue weighted by Crippen LogP contribution is 2.40. The van der Waals surface area contributed by atoms with Crippen molar-refractivity contribution in [1.82, 2.24) is 10.2 Å². The van der Waals surface area contributed by atoms with E-state index >= 15 is 0 Å². The Hall–Kier alpha value is 0.270. The number of hydrogen-bond donors (Lipinski definition) is 1. The first kappa shape index (κ1) is 15.7. The molecule has 3 heteroatoms. The molecule has 1 saturated heterocycles. The highest BCUT2D eigenvalue weighted by molar-refractivity contribution is 7.99. The summed E-state index contributed by atoms with van der Waals surface area (Å²) in [5.74, 6) is 4.42. The van der Waals surface area contributed by atoms with Crippen molar-refractivity contribution in [2.45, 2.75) is 46.1 Å². The lowest BCUT2D eigenvalue weighted by Gasteiger charge is -2.43. The van der Waals surface area contributed by atoms with Gasteiger partial charge < -0.3 is 10.2 Å². The Morgan fingerprint density at radius 2 is 1.84 bits per heavy atom. The maximum Gasteiger partial charge on any atom is 0.0105 e. The zero-order chi connectivity index (χ0) is 13.9. The number of thioether (sulfide) groups is 1. The summed E-state index contributed by atoms with van der Waals surface area (Å²) in [6.45, 7) is 11.2. The van der Waals surface area contributed by atoms with Crippen molar-refractivity contribution < 1.29 is 0 Å². The largest absolute Gasteiger partial charge is 0.317 e. The number of hydrogen-bond acceptors (Lipinski definition) is 3. The van der Waals surface area contributed by atoms with Gasteiger partial charge in [-0.2, -0.15) is 11.8 Å². The lowest BCUT2D eigenvalue weighted by molar-refractivity contribution is 0.0923. The summed E-state index contributed by atoms with van der Waals surface area (Å²) in [4.78, 5) is 2.70. The van der Waals surface area contributed by atoms with Crippen LogP contribution in [0, 0.1) is 17.3 Å². The molecule has 19 heavy (non-hydrogen) atoms. The molecule has 0 bridgehead atoms. The van der Waals surface area contributed by atoms with Gasteiger partial charge in [-0.05, 0) is 43.6 Å². The van der Waals surface area contributed by atoms with Gasteiger partial charge in [-0.3, -0.25) is 0 Å². The van der Waals surface area contributed by atoms with Gasteiger partial charge >= 0.3 is 0 Å². The fourth-order valence-electron chi connectivity index (χ4n) is 3.75. The minimum absolute atomic E-state index is 0.481. The van der Waals surface area contributed by atoms with Crippen LogP contribution in [-0.4, -0.2) is 49.1 Å². The fourth-order valence-corrected chi connectivity index (χ4v) is 4.73. The van der Waals surface area contributed by atoms with E-state index < -0.39 is 0 Å². The van der Waals surface area contributed by atoms with Gasteiger partial charge in [0.05, 0.1) is 0 Å². The van der Waals surface area contributed by atoms with Crippen LogP contribution in [0.5, 0.6) is 0 Å². The first-order valence-corrected chi connectivity index (χ1v) is 9.13. The van der Waals surface area contributed by atoms with Crippen molar-refractivity contribution in [1.29, 1.82) is 0 Å². The van der Waals surface area contributed by atoms with E-state index in [9.17, 15) is 0 Å². The van der Waals surface area contributed by atoms with Gasteiger partial charge in [-0.25, -0.2) is 0 Å². The van der Waals surface area contributed by atoms with Gasteiger partial charge in [0.15, 0.2) is 0 Å². The average Bonchev–Trinajstić information content (AvgIpc) is 2.39. The van der Waals surface area contributed by atoms with Gasteiger partial charge in [0.25, 0.3) is 0 Å². The zero-order valence-electron chi connectivity index (χ0n) is 13.2. The van der Waals surface area contributed by atoms with Gasteiger partial charge in [0.1, 0.15) is 0 Å². The predicted octanol–water partition coefficient (Wildman–Crippen LogP) is 3.09. The van der Waals surface area contributed by atoms with E-state index in [1.807, 2.05) is 0 Å². The van der Waals surface area contributed by atoms with E-state index in [1.54, 1.807) is 0 Å². The molecule has 2 nitrogen and oxygen atoms in total. The minimum atomic E-state index is 0.481. The van der Waals surface area contributed by atoms with Gasteiger partial charge in [0.2, 0.25) is 0 Å². The molecule has 3 atom stereocenters. The van der Waals surface area contributed by atoms with Crippen LogP contribution in [0.2, 0.25) is 0 Å². The van der Waals surface area contributed by atoms with Crippen LogP contribution in [0.15, 0.2) is 0 Å². The molecule has 1 heterocycles. The molecular formula is C16H32N2S. The standard InChI is InChI=1S/C16H32N2S/c1-16(2,3)14-5-6-15(17-4)13(11-14)12-18-7-9-19-10-8-18/h13-15,17H,5-12H2,1-4H3. The van der Waals surface area contributed by atoms with Crippen LogP contribution in [0.25, 0.3) is 0 Å². The van der Waals surface area contributed by atoms with E-state index in [-0.39, 0.29) is 0 Å². The van der Waals surface area contributed by atoms with Crippen LogP contribution in [-0.2, 0) is 0 Å². The molecule has 2 aliphatic rings. The lowest BCUT2D eigenvalue weighted by atomic mass is 9.67. The van der Waals surface area contributed by atoms with E-state index in [4.69, 9.17) is 0 Å². The van der Waals surface area contributed by atoms with Gasteiger partial charge in [-0.15, -0.1) is 0 Å². The second-order valence-corrected chi connectivity index (χ2v) is 8.67. The molecule has 0 radical (unpaired) electrons. The average molecular weight is 285 g/mol. The van der Waals surface area contributed by atoms with Crippen molar-refractivity contribution in [2.24, 2.45) is 17.3 Å². The Morgan fingerprint density at radius 3 is 2.42 bits per heavy atom. The van der Waals surface area contributed by atoms with Crippen LogP contribution in [0.1, 0.15) is 40.0 Å². The summed E-state index contributed by atoms with van der Waals surface area (Å²) in [5, 5.41) is 3.58. The Labute approximate surface area is 124 Å². The van der Waals surface area contributed by atoms with Crippen molar-refractivity contribution in [2.75, 3.05) is 38.2 Å². The molecule has 1 aliphatic carbocycles. The van der Waals surface area contributed by atoms with Gasteiger partial charge in [0, 0.05) is 37.2 Å². The third-order valence-electron chi connectivity index (χ3n) is 5.17. The number of nitrogens with zero attached hydrogens (tertiary/aromatic N) is 1. The topological polar surface area (TPSA) is 15.3 Å². The Morgan fingerprint density at radius 1 is 1.16 bits per heavy atom. The summed E-state index contributed by atoms with van der Waals surface area (Å²) in [5.41, 5.74) is 0.481. The molecule has 0 aromatic carbocycles. The smallest absolute Gasteiger partial charge is 0.0105 e. The first-order valence-electron chi connectivity index (χ1n) is 7.98. The third kappa shape index (κ3) is 4.37. The highest BCUT2D eigenvalue weighted by Gasteiger charge is 2.36. The molecule has 0 amide bonds. The lowest BCUT2D eigenvalue weighted by Crippen LogP contribution is -2.47. The van der Waals surface area contributed by atoms with Crippen LogP contribution in [0.3, 0.4) is 0 Å². The van der Waals surface area contributed by atoms with Crippen LogP contribution in [0.4, 0.5) is 0 Å². The SMILES string of the molecule is CNC1CCC(C(C)(C)C)CC1CN1CCSCC1. The molecule has 1 N–H and O–H groups in total. The molecule has 2 fully saturated rings. The summed E-state index contributed by atoms with van der Waals surface area (Å²) < 4.78 is 0. The normalized spacial score (nSPS) is 34.4. The summed E-state index contributed by atoms with van der Waals surface area (Å²) in [6, 6.07) is 0.744. The van der Waals surface area contributed by atoms with E-state index in [0.29, 0.717) is 5.41 Å². The molecule has 1 aliphatic heterocycles. The molecule has 0 spiro atoms. The number of nitrogens with one attached hydrogen (secondary N) is 1. The molecule has 3 unspecified atom stereocenters. The van der Waals surface area contributed by atoms with E-state index in [1.165, 1.54) is 50.4 Å². The molecular weight excluding hydrogens is 252 g/mol. The first-order chi connectivity index (χ1) is 9.00. The highest BCUT2D eigenvalue weighted by atomic mass is 32.2. The van der Waals surface area contributed by atoms with Crippen molar-refractivity contribution in [3.05, 3.63) is 0 Å². The van der Waals surface area contributed by atoms with Crippen molar-refractivity contribution in [3.8, 4) is 0 Å². The van der Waals surface area contributed by atoms with Crippen molar-refractivity contribution >= 4 is 11.8 Å². The van der Waals surface area contributed by atoms with Crippen LogP contribution < -0.4 is 5.32 Å². The number of rotatable bonds is 3. The maximum absolute atomic E-state index is 3.58. The second kappa shape index (κ2) is 6.82. The summed E-state index contributed by atoms with van der Waals surface area (Å²) in [6.07, 6.45) is 4.19. The minimum Gasteiger partial charge on any atom is -0.317 e. The zero-order valence-corrected chi connectivity index (χ0v) is 14.1. The molecule has 112 valence electrons. The van der Waals surface area contributed by atoms with Crippen LogP contribution >= 0.6 is 11.8 Å². The van der Waals surface area contributed by atoms with Crippen molar-refractivity contribution in [3.63, 3.8) is 0 Å². The monoisotopic (exact) mass is 284 g/mol. The van der Waals surface area contributed by atoms with E-state index in [0.717, 1.165) is 17.9 Å². The summed E-state index contributed by atoms with van der Waals surface area (Å²) in [7, 11) is 2.15. The Bertz CT molecular complexity index is 268. The molecule has 2 rings (SSSR count). The Balaban J connectivity index is 1.93. The fraction of sp³-hybridized carbons (Fsp3) is 1.00. The second-order valence-electron chi connectivity index (χ2n) is 7.44. The molecule has 1 saturated carbocycles. The Kier molecular flexibility index (Phi) is 5.62. The van der Waals surface area contributed by atoms with Gasteiger partial charge in [-0.1, -0.05) is 20.8 Å². The van der Waals surface area contributed by atoms with E-state index in [2.05, 4.69) is 49.8 Å². The summed E-state index contributed by atoms with van der Waals surface area (Å²) >= 11 is 2.11. The third-order valence-corrected chi connectivity index (χ3v) is 6.12. The predicted molar refractivity (Wildman–Crippen MR) is 86.9 cm³/mol.